The predicted octanol–water partition coefficient (Wildman–Crippen LogP) is 2.93. The third-order valence-corrected chi connectivity index (χ3v) is 2.89. The van der Waals surface area contributed by atoms with Gasteiger partial charge in [-0.15, -0.1) is 0 Å². The Labute approximate surface area is 117 Å². The van der Waals surface area contributed by atoms with Gasteiger partial charge in [0, 0.05) is 25.5 Å². The van der Waals surface area contributed by atoms with Gasteiger partial charge in [-0.2, -0.15) is 0 Å². The van der Waals surface area contributed by atoms with Crippen molar-refractivity contribution in [1.82, 2.24) is 4.98 Å². The molecule has 1 aromatic carbocycles. The van der Waals surface area contributed by atoms with Gasteiger partial charge in [-0.05, 0) is 43.3 Å². The van der Waals surface area contributed by atoms with E-state index in [9.17, 15) is 9.18 Å². The van der Waals surface area contributed by atoms with E-state index in [0.717, 1.165) is 12.4 Å². The number of benzene rings is 1. The number of hydrogen-bond donors (Lipinski definition) is 1. The van der Waals surface area contributed by atoms with Gasteiger partial charge in [0.2, 0.25) is 0 Å². The Balaban J connectivity index is 2.15. The smallest absolute Gasteiger partial charge is 0.259 e. The second-order valence-corrected chi connectivity index (χ2v) is 4.30. The monoisotopic (exact) mass is 273 g/mol. The highest BCUT2D eigenvalue weighted by atomic mass is 19.1. The van der Waals surface area contributed by atoms with Gasteiger partial charge >= 0.3 is 0 Å². The van der Waals surface area contributed by atoms with Crippen LogP contribution < -0.4 is 10.2 Å². The molecule has 0 unspecified atom stereocenters. The van der Waals surface area contributed by atoms with Crippen LogP contribution in [-0.4, -0.2) is 24.5 Å². The van der Waals surface area contributed by atoms with Crippen molar-refractivity contribution >= 4 is 17.4 Å². The Morgan fingerprint density at radius 1 is 1.25 bits per heavy atom. The van der Waals surface area contributed by atoms with Crippen LogP contribution in [0.4, 0.5) is 15.9 Å². The Morgan fingerprint density at radius 2 is 1.95 bits per heavy atom. The molecular weight excluding hydrogens is 257 g/mol. The number of hydrogen-bond acceptors (Lipinski definition) is 3. The summed E-state index contributed by atoms with van der Waals surface area (Å²) in [6.45, 7) is 2.75. The van der Waals surface area contributed by atoms with Crippen LogP contribution in [0.15, 0.2) is 42.6 Å². The number of aromatic nitrogens is 1. The van der Waals surface area contributed by atoms with Crippen molar-refractivity contribution in [2.24, 2.45) is 0 Å². The minimum Gasteiger partial charge on any atom is -0.370 e. The van der Waals surface area contributed by atoms with Crippen LogP contribution in [0.2, 0.25) is 0 Å². The summed E-state index contributed by atoms with van der Waals surface area (Å²) in [5.41, 5.74) is 1.12. The molecule has 20 heavy (non-hydrogen) atoms. The first-order chi connectivity index (χ1) is 9.61. The molecule has 4 nitrogen and oxygen atoms in total. The molecule has 0 saturated carbocycles. The second-order valence-electron chi connectivity index (χ2n) is 4.30. The van der Waals surface area contributed by atoms with Crippen LogP contribution in [0.25, 0.3) is 0 Å². The molecule has 0 spiro atoms. The van der Waals surface area contributed by atoms with Crippen molar-refractivity contribution in [2.75, 3.05) is 23.8 Å². The lowest BCUT2D eigenvalue weighted by molar-refractivity contribution is 0.0992. The van der Waals surface area contributed by atoms with Crippen LogP contribution in [0.3, 0.4) is 0 Å². The Morgan fingerprint density at radius 3 is 2.50 bits per heavy atom. The van der Waals surface area contributed by atoms with Gasteiger partial charge in [0.25, 0.3) is 5.91 Å². The fourth-order valence-electron chi connectivity index (χ4n) is 1.78. The zero-order chi connectivity index (χ0) is 14.5. The molecule has 0 bridgehead atoms. The van der Waals surface area contributed by atoms with E-state index in [0.29, 0.717) is 11.3 Å². The lowest BCUT2D eigenvalue weighted by Gasteiger charge is -2.17. The summed E-state index contributed by atoms with van der Waals surface area (Å²) in [6.07, 6.45) is 1.53. The number of nitrogens with one attached hydrogen (secondary N) is 1. The molecule has 0 aliphatic rings. The first-order valence-corrected chi connectivity index (χ1v) is 6.35. The maximum absolute atomic E-state index is 12.9. The minimum atomic E-state index is -0.328. The summed E-state index contributed by atoms with van der Waals surface area (Å²) < 4.78 is 12.9. The number of carbonyl (C=O) groups is 1. The van der Waals surface area contributed by atoms with E-state index in [1.807, 2.05) is 6.92 Å². The average Bonchev–Trinajstić information content (AvgIpc) is 2.48. The number of pyridine rings is 1. The Bertz CT molecular complexity index is 581. The maximum atomic E-state index is 12.9. The second kappa shape index (κ2) is 6.14. The SMILES string of the molecule is CCNc1ccc(C(=O)N(C)c2ccc(F)cc2)cn1. The largest absolute Gasteiger partial charge is 0.370 e. The molecule has 104 valence electrons. The average molecular weight is 273 g/mol. The number of halogens is 1. The van der Waals surface area contributed by atoms with E-state index in [2.05, 4.69) is 10.3 Å². The first-order valence-electron chi connectivity index (χ1n) is 6.35. The van der Waals surface area contributed by atoms with Crippen molar-refractivity contribution in [3.05, 3.63) is 54.0 Å². The molecule has 0 radical (unpaired) electrons. The molecule has 0 fully saturated rings. The maximum Gasteiger partial charge on any atom is 0.259 e. The molecule has 0 atom stereocenters. The fraction of sp³-hybridized carbons (Fsp3) is 0.200. The molecule has 0 aliphatic heterocycles. The standard InChI is InChI=1S/C15H16FN3O/c1-3-17-14-9-4-11(10-18-14)15(20)19(2)13-7-5-12(16)6-8-13/h4-10H,3H2,1-2H3,(H,17,18). The molecule has 5 heteroatoms. The number of amides is 1. The van der Waals surface area contributed by atoms with Gasteiger partial charge in [0.1, 0.15) is 11.6 Å². The molecule has 2 aromatic rings. The molecule has 0 aliphatic carbocycles. The highest BCUT2D eigenvalue weighted by Crippen LogP contribution is 2.16. The number of nitrogens with zero attached hydrogens (tertiary/aromatic N) is 2. The topological polar surface area (TPSA) is 45.2 Å². The van der Waals surface area contributed by atoms with Gasteiger partial charge in [-0.1, -0.05) is 0 Å². The predicted molar refractivity (Wildman–Crippen MR) is 77.5 cm³/mol. The summed E-state index contributed by atoms with van der Waals surface area (Å²) in [7, 11) is 1.65. The van der Waals surface area contributed by atoms with Crippen molar-refractivity contribution in [3.8, 4) is 0 Å². The van der Waals surface area contributed by atoms with Crippen LogP contribution >= 0.6 is 0 Å². The molecule has 1 aromatic heterocycles. The van der Waals surface area contributed by atoms with E-state index in [-0.39, 0.29) is 11.7 Å². The van der Waals surface area contributed by atoms with Gasteiger partial charge in [0.05, 0.1) is 5.56 Å². The van der Waals surface area contributed by atoms with Crippen LogP contribution in [0.1, 0.15) is 17.3 Å². The van der Waals surface area contributed by atoms with Crippen molar-refractivity contribution in [3.63, 3.8) is 0 Å². The molecule has 2 rings (SSSR count). The number of anilines is 2. The Kier molecular flexibility index (Phi) is 4.30. The minimum absolute atomic E-state index is 0.188. The van der Waals surface area contributed by atoms with Gasteiger partial charge in [-0.3, -0.25) is 4.79 Å². The molecule has 0 saturated heterocycles. The summed E-state index contributed by atoms with van der Waals surface area (Å²) >= 11 is 0. The highest BCUT2D eigenvalue weighted by molar-refractivity contribution is 6.05. The molecule has 1 N–H and O–H groups in total. The lowest BCUT2D eigenvalue weighted by atomic mass is 10.2. The van der Waals surface area contributed by atoms with E-state index in [4.69, 9.17) is 0 Å². The molecular formula is C15H16FN3O. The third kappa shape index (κ3) is 3.12. The lowest BCUT2D eigenvalue weighted by Crippen LogP contribution is -2.26. The summed E-state index contributed by atoms with van der Waals surface area (Å²) in [4.78, 5) is 17.9. The zero-order valence-corrected chi connectivity index (χ0v) is 11.4. The van der Waals surface area contributed by atoms with E-state index in [1.165, 1.54) is 23.2 Å². The van der Waals surface area contributed by atoms with Gasteiger partial charge in [-0.25, -0.2) is 9.37 Å². The first kappa shape index (κ1) is 14.0. The highest BCUT2D eigenvalue weighted by Gasteiger charge is 2.13. The van der Waals surface area contributed by atoms with Crippen molar-refractivity contribution < 1.29 is 9.18 Å². The Hall–Kier alpha value is -2.43. The third-order valence-electron chi connectivity index (χ3n) is 2.89. The van der Waals surface area contributed by atoms with Crippen LogP contribution in [0, 0.1) is 5.82 Å². The normalized spacial score (nSPS) is 10.2. The quantitative estimate of drug-likeness (QED) is 0.931. The van der Waals surface area contributed by atoms with Crippen LogP contribution in [-0.2, 0) is 0 Å². The molecule has 1 heterocycles. The molecule has 1 amide bonds. The summed E-state index contributed by atoms with van der Waals surface area (Å²) in [6, 6.07) is 9.25. The summed E-state index contributed by atoms with van der Waals surface area (Å²) in [5.74, 6) is 0.215. The van der Waals surface area contributed by atoms with Crippen LogP contribution in [0.5, 0.6) is 0 Å². The van der Waals surface area contributed by atoms with Gasteiger partial charge < -0.3 is 10.2 Å². The zero-order valence-electron chi connectivity index (χ0n) is 11.4. The number of carbonyl (C=O) groups excluding carboxylic acids is 1. The van der Waals surface area contributed by atoms with Gasteiger partial charge in [0.15, 0.2) is 0 Å². The fourth-order valence-corrected chi connectivity index (χ4v) is 1.78. The van der Waals surface area contributed by atoms with E-state index >= 15 is 0 Å². The summed E-state index contributed by atoms with van der Waals surface area (Å²) in [5, 5.41) is 3.06. The van der Waals surface area contributed by atoms with E-state index in [1.54, 1.807) is 31.3 Å². The van der Waals surface area contributed by atoms with Crippen molar-refractivity contribution in [1.29, 1.82) is 0 Å². The van der Waals surface area contributed by atoms with Crippen molar-refractivity contribution in [2.45, 2.75) is 6.92 Å². The van der Waals surface area contributed by atoms with E-state index < -0.39 is 0 Å². The number of rotatable bonds is 4.